The van der Waals surface area contributed by atoms with Crippen LogP contribution in [0, 0.1) is 5.82 Å². The Morgan fingerprint density at radius 3 is 2.86 bits per heavy atom. The lowest BCUT2D eigenvalue weighted by molar-refractivity contribution is 0.0523. The lowest BCUT2D eigenvalue weighted by Gasteiger charge is -2.05. The number of carbonyl (C=O) groups excluding carboxylic acids is 1. The number of esters is 1. The zero-order valence-electron chi connectivity index (χ0n) is 11.2. The first-order chi connectivity index (χ1) is 10.0. The van der Waals surface area contributed by atoms with Crippen LogP contribution in [0.25, 0.3) is 0 Å². The third-order valence-corrected chi connectivity index (χ3v) is 3.07. The van der Waals surface area contributed by atoms with E-state index < -0.39 is 17.3 Å². The van der Waals surface area contributed by atoms with E-state index in [0.29, 0.717) is 11.4 Å². The predicted molar refractivity (Wildman–Crippen MR) is 75.0 cm³/mol. The number of H-pyrrole nitrogens is 1. The minimum Gasteiger partial charge on any atom is -0.462 e. The average molecular weight is 311 g/mol. The molecular formula is C14H12ClFN2O3. The van der Waals surface area contributed by atoms with Crippen LogP contribution < -0.4 is 5.56 Å². The summed E-state index contributed by atoms with van der Waals surface area (Å²) in [5.74, 6) is -0.845. The zero-order chi connectivity index (χ0) is 15.4. The molecule has 0 atom stereocenters. The van der Waals surface area contributed by atoms with Gasteiger partial charge < -0.3 is 9.72 Å². The van der Waals surface area contributed by atoms with Crippen molar-refractivity contribution in [2.24, 2.45) is 0 Å². The Morgan fingerprint density at radius 2 is 2.24 bits per heavy atom. The second-order valence-corrected chi connectivity index (χ2v) is 4.61. The first-order valence-corrected chi connectivity index (χ1v) is 6.58. The van der Waals surface area contributed by atoms with E-state index in [4.69, 9.17) is 16.3 Å². The van der Waals surface area contributed by atoms with Crippen LogP contribution in [0.4, 0.5) is 4.39 Å². The Bertz CT molecular complexity index is 730. The fraction of sp³-hybridized carbons (Fsp3) is 0.214. The average Bonchev–Trinajstić information content (AvgIpc) is 2.42. The summed E-state index contributed by atoms with van der Waals surface area (Å²) in [5.41, 5.74) is -0.132. The molecule has 1 N–H and O–H groups in total. The Balaban J connectivity index is 2.24. The van der Waals surface area contributed by atoms with E-state index in [2.05, 4.69) is 9.97 Å². The molecule has 7 heteroatoms. The van der Waals surface area contributed by atoms with E-state index in [-0.39, 0.29) is 23.6 Å². The van der Waals surface area contributed by atoms with Crippen molar-refractivity contribution in [2.75, 3.05) is 6.61 Å². The Kier molecular flexibility index (Phi) is 4.70. The van der Waals surface area contributed by atoms with Crippen molar-refractivity contribution in [3.63, 3.8) is 0 Å². The molecule has 0 spiro atoms. The van der Waals surface area contributed by atoms with Crippen LogP contribution >= 0.6 is 11.6 Å². The van der Waals surface area contributed by atoms with Crippen LogP contribution in [0.15, 0.2) is 29.2 Å². The number of halogens is 2. The van der Waals surface area contributed by atoms with Crippen LogP contribution in [0.3, 0.4) is 0 Å². The normalized spacial score (nSPS) is 10.4. The monoisotopic (exact) mass is 310 g/mol. The molecule has 0 unspecified atom stereocenters. The molecule has 0 aliphatic rings. The van der Waals surface area contributed by atoms with Crippen molar-refractivity contribution >= 4 is 17.6 Å². The number of hydrogen-bond acceptors (Lipinski definition) is 4. The largest absolute Gasteiger partial charge is 0.462 e. The summed E-state index contributed by atoms with van der Waals surface area (Å²) in [6.07, 6.45) is 1.38. The molecule has 0 fully saturated rings. The lowest BCUT2D eigenvalue weighted by atomic mass is 10.1. The predicted octanol–water partition coefficient (Wildman–Crippen LogP) is 2.33. The quantitative estimate of drug-likeness (QED) is 0.880. The number of nitrogens with one attached hydrogen (secondary N) is 1. The molecule has 0 bridgehead atoms. The maximum absolute atomic E-state index is 13.0. The fourth-order valence-electron chi connectivity index (χ4n) is 1.72. The maximum atomic E-state index is 13.0. The lowest BCUT2D eigenvalue weighted by Crippen LogP contribution is -2.22. The molecule has 2 aromatic rings. The highest BCUT2D eigenvalue weighted by molar-refractivity contribution is 6.31. The molecule has 1 heterocycles. The molecule has 0 radical (unpaired) electrons. The first-order valence-electron chi connectivity index (χ1n) is 6.20. The molecule has 0 saturated heterocycles. The molecule has 21 heavy (non-hydrogen) atoms. The van der Waals surface area contributed by atoms with Crippen molar-refractivity contribution in [3.05, 3.63) is 62.5 Å². The van der Waals surface area contributed by atoms with Gasteiger partial charge in [-0.05, 0) is 24.6 Å². The van der Waals surface area contributed by atoms with Gasteiger partial charge in [-0.1, -0.05) is 17.7 Å². The number of nitrogens with zero attached hydrogens (tertiary/aromatic N) is 1. The molecule has 110 valence electrons. The van der Waals surface area contributed by atoms with Gasteiger partial charge in [0.15, 0.2) is 0 Å². The number of aromatic amines is 1. The van der Waals surface area contributed by atoms with Gasteiger partial charge in [0.2, 0.25) is 0 Å². The third-order valence-electron chi connectivity index (χ3n) is 2.72. The molecule has 2 rings (SSSR count). The van der Waals surface area contributed by atoms with E-state index in [1.165, 1.54) is 18.2 Å². The van der Waals surface area contributed by atoms with Crippen molar-refractivity contribution in [1.29, 1.82) is 0 Å². The fourth-order valence-corrected chi connectivity index (χ4v) is 1.96. The van der Waals surface area contributed by atoms with Gasteiger partial charge in [0, 0.05) is 17.6 Å². The van der Waals surface area contributed by atoms with Crippen molar-refractivity contribution in [2.45, 2.75) is 13.3 Å². The highest BCUT2D eigenvalue weighted by Gasteiger charge is 2.13. The van der Waals surface area contributed by atoms with Crippen molar-refractivity contribution in [3.8, 4) is 0 Å². The Labute approximate surface area is 124 Å². The van der Waals surface area contributed by atoms with Gasteiger partial charge in [-0.3, -0.25) is 4.79 Å². The van der Waals surface area contributed by atoms with E-state index in [1.807, 2.05) is 0 Å². The minimum absolute atomic E-state index is 0.161. The number of benzene rings is 1. The summed E-state index contributed by atoms with van der Waals surface area (Å²) >= 11 is 5.91. The summed E-state index contributed by atoms with van der Waals surface area (Å²) in [4.78, 5) is 29.8. The van der Waals surface area contributed by atoms with E-state index in [9.17, 15) is 14.0 Å². The van der Waals surface area contributed by atoms with Crippen LogP contribution in [0.2, 0.25) is 5.02 Å². The number of rotatable bonds is 4. The first kappa shape index (κ1) is 15.2. The van der Waals surface area contributed by atoms with Gasteiger partial charge in [0.25, 0.3) is 5.56 Å². The number of hydrogen-bond donors (Lipinski definition) is 1. The summed E-state index contributed by atoms with van der Waals surface area (Å²) in [7, 11) is 0. The summed E-state index contributed by atoms with van der Waals surface area (Å²) in [6.45, 7) is 1.82. The molecule has 0 saturated carbocycles. The standard InChI is InChI=1S/C14H12ClFN2O3/c1-2-21-14(20)10-7-17-12(18-13(10)19)5-8-3-4-9(16)6-11(8)15/h3-4,6-7H,2,5H2,1H3,(H,17,18,19). The van der Waals surface area contributed by atoms with Gasteiger partial charge in [-0.15, -0.1) is 0 Å². The van der Waals surface area contributed by atoms with E-state index in [0.717, 1.165) is 6.20 Å². The van der Waals surface area contributed by atoms with Gasteiger partial charge in [0.1, 0.15) is 17.2 Å². The topological polar surface area (TPSA) is 72.0 Å². The van der Waals surface area contributed by atoms with Crippen LogP contribution in [-0.2, 0) is 11.2 Å². The maximum Gasteiger partial charge on any atom is 0.345 e. The van der Waals surface area contributed by atoms with Crippen molar-refractivity contribution in [1.82, 2.24) is 9.97 Å². The molecule has 1 aromatic heterocycles. The molecule has 0 amide bonds. The zero-order valence-corrected chi connectivity index (χ0v) is 11.9. The minimum atomic E-state index is -0.724. The van der Waals surface area contributed by atoms with E-state index >= 15 is 0 Å². The van der Waals surface area contributed by atoms with Gasteiger partial charge in [-0.25, -0.2) is 14.2 Å². The third kappa shape index (κ3) is 3.66. The number of carbonyl (C=O) groups is 1. The second-order valence-electron chi connectivity index (χ2n) is 4.21. The second kappa shape index (κ2) is 6.49. The van der Waals surface area contributed by atoms with Crippen LogP contribution in [0.5, 0.6) is 0 Å². The van der Waals surface area contributed by atoms with Crippen LogP contribution in [-0.4, -0.2) is 22.5 Å². The van der Waals surface area contributed by atoms with Gasteiger partial charge in [-0.2, -0.15) is 0 Å². The highest BCUT2D eigenvalue weighted by atomic mass is 35.5. The molecule has 1 aromatic carbocycles. The number of aromatic nitrogens is 2. The number of ether oxygens (including phenoxy) is 1. The summed E-state index contributed by atoms with van der Waals surface area (Å²) < 4.78 is 17.7. The summed E-state index contributed by atoms with van der Waals surface area (Å²) in [6, 6.07) is 3.96. The van der Waals surface area contributed by atoms with Crippen LogP contribution in [0.1, 0.15) is 28.7 Å². The molecule has 0 aliphatic heterocycles. The Hall–Kier alpha value is -2.21. The van der Waals surface area contributed by atoms with Crippen molar-refractivity contribution < 1.29 is 13.9 Å². The molecule has 5 nitrogen and oxygen atoms in total. The van der Waals surface area contributed by atoms with E-state index in [1.54, 1.807) is 6.92 Å². The molecular weight excluding hydrogens is 299 g/mol. The Morgan fingerprint density at radius 1 is 1.48 bits per heavy atom. The summed E-state index contributed by atoms with van der Waals surface area (Å²) in [5, 5.41) is 0.243. The highest BCUT2D eigenvalue weighted by Crippen LogP contribution is 2.19. The van der Waals surface area contributed by atoms with Gasteiger partial charge >= 0.3 is 5.97 Å². The molecule has 0 aliphatic carbocycles. The smallest absolute Gasteiger partial charge is 0.345 e. The van der Waals surface area contributed by atoms with Gasteiger partial charge in [0.05, 0.1) is 6.61 Å². The SMILES string of the molecule is CCOC(=O)c1cnc(Cc2ccc(F)cc2Cl)[nH]c1=O.